The minimum atomic E-state index is -0.367. The number of aromatic hydroxyl groups is 1. The maximum atomic E-state index is 12.6. The first-order valence-electron chi connectivity index (χ1n) is 6.93. The second-order valence-electron chi connectivity index (χ2n) is 4.79. The molecule has 0 radical (unpaired) electrons. The molecule has 0 unspecified atom stereocenters. The zero-order valence-corrected chi connectivity index (χ0v) is 12.0. The largest absolute Gasteiger partial charge is 0.506 e. The van der Waals surface area contributed by atoms with Crippen LogP contribution in [0.4, 0.5) is 0 Å². The van der Waals surface area contributed by atoms with E-state index in [0.717, 1.165) is 5.39 Å². The molecule has 0 aliphatic carbocycles. The second kappa shape index (κ2) is 7.10. The quantitative estimate of drug-likeness (QED) is 0.918. The summed E-state index contributed by atoms with van der Waals surface area (Å²) in [6.45, 7) is 0.479. The number of phenolic OH excluding ortho intramolecular Hbond substituents is 1. The molecular formula is C17H15N3O2. The van der Waals surface area contributed by atoms with Crippen LogP contribution in [0.5, 0.6) is 5.75 Å². The van der Waals surface area contributed by atoms with Gasteiger partial charge in [-0.2, -0.15) is 10.5 Å². The monoisotopic (exact) mass is 293 g/mol. The lowest BCUT2D eigenvalue weighted by molar-refractivity contribution is 0.0760. The second-order valence-corrected chi connectivity index (χ2v) is 4.79. The van der Waals surface area contributed by atoms with Gasteiger partial charge in [0.05, 0.1) is 30.5 Å². The fourth-order valence-corrected chi connectivity index (χ4v) is 2.28. The molecule has 0 spiro atoms. The molecule has 110 valence electrons. The highest BCUT2D eigenvalue weighted by molar-refractivity contribution is 6.03. The number of fused-ring (bicyclic) bond motifs is 1. The number of carbonyl (C=O) groups is 1. The van der Waals surface area contributed by atoms with Gasteiger partial charge >= 0.3 is 0 Å². The van der Waals surface area contributed by atoms with Gasteiger partial charge in [0.25, 0.3) is 5.91 Å². The standard InChI is InChI=1S/C17H15N3O2/c18-9-3-11-20(12-4-10-19)17(22)15-8-7-13-5-1-2-6-14(13)16(15)21/h1-2,5-8,21H,3-4,11-12H2. The zero-order chi connectivity index (χ0) is 15.9. The van der Waals surface area contributed by atoms with E-state index in [1.165, 1.54) is 4.90 Å². The average molecular weight is 293 g/mol. The molecule has 0 saturated heterocycles. The molecule has 0 aliphatic heterocycles. The molecule has 5 heteroatoms. The van der Waals surface area contributed by atoms with E-state index < -0.39 is 0 Å². The fourth-order valence-electron chi connectivity index (χ4n) is 2.28. The highest BCUT2D eigenvalue weighted by atomic mass is 16.3. The van der Waals surface area contributed by atoms with E-state index in [0.29, 0.717) is 5.39 Å². The molecule has 2 aromatic carbocycles. The summed E-state index contributed by atoms with van der Waals surface area (Å²) in [6, 6.07) is 14.6. The van der Waals surface area contributed by atoms with E-state index in [1.54, 1.807) is 24.3 Å². The highest BCUT2D eigenvalue weighted by Gasteiger charge is 2.19. The predicted octanol–water partition coefficient (Wildman–Crippen LogP) is 2.81. The van der Waals surface area contributed by atoms with E-state index in [1.807, 2.05) is 24.3 Å². The topological polar surface area (TPSA) is 88.1 Å². The summed E-state index contributed by atoms with van der Waals surface area (Å²) >= 11 is 0. The van der Waals surface area contributed by atoms with Crippen molar-refractivity contribution >= 4 is 16.7 Å². The molecule has 0 aliphatic rings. The van der Waals surface area contributed by atoms with E-state index in [2.05, 4.69) is 0 Å². The van der Waals surface area contributed by atoms with Gasteiger partial charge < -0.3 is 10.0 Å². The van der Waals surface area contributed by atoms with Crippen molar-refractivity contribution in [3.63, 3.8) is 0 Å². The summed E-state index contributed by atoms with van der Waals surface area (Å²) in [5, 5.41) is 29.2. The Morgan fingerprint density at radius 1 is 1.05 bits per heavy atom. The Labute approximate surface area is 128 Å². The highest BCUT2D eigenvalue weighted by Crippen LogP contribution is 2.29. The van der Waals surface area contributed by atoms with Gasteiger partial charge in [0, 0.05) is 18.5 Å². The predicted molar refractivity (Wildman–Crippen MR) is 82.0 cm³/mol. The normalized spacial score (nSPS) is 9.91. The zero-order valence-electron chi connectivity index (χ0n) is 12.0. The lowest BCUT2D eigenvalue weighted by Gasteiger charge is -2.21. The van der Waals surface area contributed by atoms with Gasteiger partial charge in [0.2, 0.25) is 0 Å². The molecular weight excluding hydrogens is 278 g/mol. The summed E-state index contributed by atoms with van der Waals surface area (Å²) in [7, 11) is 0. The van der Waals surface area contributed by atoms with Gasteiger partial charge in [0.15, 0.2) is 0 Å². The summed E-state index contributed by atoms with van der Waals surface area (Å²) in [4.78, 5) is 14.0. The summed E-state index contributed by atoms with van der Waals surface area (Å²) in [5.74, 6) is -0.434. The smallest absolute Gasteiger partial charge is 0.257 e. The minimum absolute atomic E-state index is 0.0676. The molecule has 2 rings (SSSR count). The molecule has 1 amide bonds. The third-order valence-corrected chi connectivity index (χ3v) is 3.41. The van der Waals surface area contributed by atoms with Crippen LogP contribution in [0.15, 0.2) is 36.4 Å². The van der Waals surface area contributed by atoms with Crippen molar-refractivity contribution in [1.29, 1.82) is 10.5 Å². The number of carbonyl (C=O) groups excluding carboxylic acids is 1. The molecule has 2 aromatic rings. The van der Waals surface area contributed by atoms with Gasteiger partial charge in [-0.25, -0.2) is 0 Å². The molecule has 0 aromatic heterocycles. The van der Waals surface area contributed by atoms with Crippen molar-refractivity contribution in [2.75, 3.05) is 13.1 Å². The third kappa shape index (κ3) is 3.16. The summed E-state index contributed by atoms with van der Waals surface area (Å²) in [6.07, 6.45) is 0.372. The number of hydrogen-bond donors (Lipinski definition) is 1. The van der Waals surface area contributed by atoms with Crippen LogP contribution >= 0.6 is 0 Å². The maximum absolute atomic E-state index is 12.6. The Hall–Kier alpha value is -3.05. The Morgan fingerprint density at radius 2 is 1.68 bits per heavy atom. The van der Waals surface area contributed by atoms with Gasteiger partial charge in [-0.1, -0.05) is 30.3 Å². The van der Waals surface area contributed by atoms with Crippen molar-refractivity contribution in [3.05, 3.63) is 42.0 Å². The molecule has 0 heterocycles. The number of phenols is 1. The Balaban J connectivity index is 2.35. The van der Waals surface area contributed by atoms with Crippen molar-refractivity contribution < 1.29 is 9.90 Å². The van der Waals surface area contributed by atoms with Crippen LogP contribution in [-0.2, 0) is 0 Å². The first-order chi connectivity index (χ1) is 10.7. The number of hydrogen-bond acceptors (Lipinski definition) is 4. The first kappa shape index (κ1) is 15.3. The van der Waals surface area contributed by atoms with Crippen LogP contribution in [0.25, 0.3) is 10.8 Å². The molecule has 0 saturated carbocycles. The SMILES string of the molecule is N#CCCN(CCC#N)C(=O)c1ccc2ccccc2c1O. The molecule has 5 nitrogen and oxygen atoms in total. The number of benzene rings is 2. The number of amides is 1. The van der Waals surface area contributed by atoms with Gasteiger partial charge in [0.1, 0.15) is 5.75 Å². The van der Waals surface area contributed by atoms with Crippen molar-refractivity contribution in [2.24, 2.45) is 0 Å². The number of nitrogens with zero attached hydrogens (tertiary/aromatic N) is 3. The van der Waals surface area contributed by atoms with Gasteiger partial charge in [-0.3, -0.25) is 4.79 Å². The van der Waals surface area contributed by atoms with Crippen LogP contribution in [0, 0.1) is 22.7 Å². The third-order valence-electron chi connectivity index (χ3n) is 3.41. The first-order valence-corrected chi connectivity index (χ1v) is 6.93. The van der Waals surface area contributed by atoms with Crippen LogP contribution in [0.2, 0.25) is 0 Å². The minimum Gasteiger partial charge on any atom is -0.506 e. The van der Waals surface area contributed by atoms with E-state index in [-0.39, 0.29) is 43.2 Å². The lowest BCUT2D eigenvalue weighted by atomic mass is 10.0. The van der Waals surface area contributed by atoms with Crippen LogP contribution in [-0.4, -0.2) is 29.0 Å². The van der Waals surface area contributed by atoms with E-state index >= 15 is 0 Å². The number of rotatable bonds is 5. The molecule has 0 bridgehead atoms. The van der Waals surface area contributed by atoms with Crippen molar-refractivity contribution in [2.45, 2.75) is 12.8 Å². The molecule has 22 heavy (non-hydrogen) atoms. The van der Waals surface area contributed by atoms with Crippen molar-refractivity contribution in [1.82, 2.24) is 4.90 Å². The van der Waals surface area contributed by atoms with Crippen molar-refractivity contribution in [3.8, 4) is 17.9 Å². The summed E-state index contributed by atoms with van der Waals surface area (Å²) < 4.78 is 0. The van der Waals surface area contributed by atoms with Gasteiger partial charge in [-0.15, -0.1) is 0 Å². The number of nitriles is 2. The van der Waals surface area contributed by atoms with Crippen LogP contribution in [0.3, 0.4) is 0 Å². The Bertz CT molecular complexity index is 754. The molecule has 1 N–H and O–H groups in total. The van der Waals surface area contributed by atoms with Crippen LogP contribution in [0.1, 0.15) is 23.2 Å². The maximum Gasteiger partial charge on any atom is 0.257 e. The lowest BCUT2D eigenvalue weighted by Crippen LogP contribution is -2.32. The van der Waals surface area contributed by atoms with E-state index in [4.69, 9.17) is 10.5 Å². The fraction of sp³-hybridized carbons (Fsp3) is 0.235. The average Bonchev–Trinajstić information content (AvgIpc) is 2.55. The van der Waals surface area contributed by atoms with Crippen LogP contribution < -0.4 is 0 Å². The molecule has 0 fully saturated rings. The Morgan fingerprint density at radius 3 is 2.32 bits per heavy atom. The van der Waals surface area contributed by atoms with E-state index in [9.17, 15) is 9.90 Å². The van der Waals surface area contributed by atoms with Gasteiger partial charge in [-0.05, 0) is 11.5 Å². The summed E-state index contributed by atoms with van der Waals surface area (Å²) in [5.41, 5.74) is 0.189. The molecule has 0 atom stereocenters. The Kier molecular flexibility index (Phi) is 4.95.